The van der Waals surface area contributed by atoms with Gasteiger partial charge in [-0.2, -0.15) is 0 Å². The van der Waals surface area contributed by atoms with Gasteiger partial charge in [0, 0.05) is 6.20 Å². The molecule has 0 amide bonds. The first kappa shape index (κ1) is 11.3. The average Bonchev–Trinajstić information content (AvgIpc) is 2.92. The molecular formula is C12H11N3O2S. The van der Waals surface area contributed by atoms with Gasteiger partial charge in [-0.1, -0.05) is 6.07 Å². The van der Waals surface area contributed by atoms with Crippen molar-refractivity contribution in [3.8, 4) is 0 Å². The van der Waals surface area contributed by atoms with E-state index in [0.29, 0.717) is 10.2 Å². The standard InChI is InChI=1S/C12H11N3O2S/c1-8-7-17-12(13-8)18-11-9(6-16)15-5-3-2-4-10(15)14-11/h2-5,7,16H,6H2,1H3. The highest BCUT2D eigenvalue weighted by Crippen LogP contribution is 2.29. The lowest BCUT2D eigenvalue weighted by atomic mass is 10.4. The molecule has 0 saturated heterocycles. The highest BCUT2D eigenvalue weighted by Gasteiger charge is 2.14. The Bertz CT molecular complexity index is 690. The fourth-order valence-corrected chi connectivity index (χ4v) is 2.58. The summed E-state index contributed by atoms with van der Waals surface area (Å²) in [6, 6.07) is 5.70. The molecule has 3 rings (SSSR count). The zero-order chi connectivity index (χ0) is 12.5. The van der Waals surface area contributed by atoms with Crippen LogP contribution in [0.2, 0.25) is 0 Å². The Morgan fingerprint density at radius 2 is 2.28 bits per heavy atom. The molecule has 0 spiro atoms. The lowest BCUT2D eigenvalue weighted by Gasteiger charge is -1.98. The van der Waals surface area contributed by atoms with Crippen LogP contribution in [-0.2, 0) is 6.61 Å². The molecule has 3 aromatic rings. The van der Waals surface area contributed by atoms with E-state index in [-0.39, 0.29) is 6.61 Å². The van der Waals surface area contributed by atoms with Crippen molar-refractivity contribution in [2.45, 2.75) is 23.8 Å². The van der Waals surface area contributed by atoms with Gasteiger partial charge in [-0.15, -0.1) is 0 Å². The number of hydrogen-bond donors (Lipinski definition) is 1. The minimum atomic E-state index is -0.0762. The number of aliphatic hydroxyl groups is 1. The Morgan fingerprint density at radius 3 is 3.00 bits per heavy atom. The fourth-order valence-electron chi connectivity index (χ4n) is 1.71. The normalized spacial score (nSPS) is 11.2. The van der Waals surface area contributed by atoms with Crippen molar-refractivity contribution in [2.24, 2.45) is 0 Å². The second-order valence-electron chi connectivity index (χ2n) is 3.81. The van der Waals surface area contributed by atoms with Crippen molar-refractivity contribution in [2.75, 3.05) is 0 Å². The Hall–Kier alpha value is -1.79. The molecule has 6 heteroatoms. The van der Waals surface area contributed by atoms with Gasteiger partial charge in [0.05, 0.1) is 18.0 Å². The second-order valence-corrected chi connectivity index (χ2v) is 4.75. The summed E-state index contributed by atoms with van der Waals surface area (Å²) in [6.07, 6.45) is 3.47. The molecule has 5 nitrogen and oxygen atoms in total. The molecule has 0 aliphatic rings. The number of oxazole rings is 1. The minimum Gasteiger partial charge on any atom is -0.439 e. The van der Waals surface area contributed by atoms with Crippen LogP contribution >= 0.6 is 11.8 Å². The number of aliphatic hydroxyl groups excluding tert-OH is 1. The molecule has 0 saturated carbocycles. The summed E-state index contributed by atoms with van der Waals surface area (Å²) in [7, 11) is 0. The predicted molar refractivity (Wildman–Crippen MR) is 66.5 cm³/mol. The molecule has 0 aliphatic heterocycles. The van der Waals surface area contributed by atoms with Gasteiger partial charge in [0.15, 0.2) is 0 Å². The summed E-state index contributed by atoms with van der Waals surface area (Å²) in [5, 5.41) is 10.7. The summed E-state index contributed by atoms with van der Waals surface area (Å²) in [4.78, 5) is 8.67. The van der Waals surface area contributed by atoms with Crippen LogP contribution in [0.5, 0.6) is 0 Å². The third-order valence-corrected chi connectivity index (χ3v) is 3.41. The van der Waals surface area contributed by atoms with E-state index in [1.54, 1.807) is 6.26 Å². The molecule has 18 heavy (non-hydrogen) atoms. The molecule has 0 aromatic carbocycles. The maximum atomic E-state index is 9.46. The Kier molecular flexibility index (Phi) is 2.81. The molecule has 1 N–H and O–H groups in total. The van der Waals surface area contributed by atoms with E-state index >= 15 is 0 Å². The van der Waals surface area contributed by atoms with Crippen LogP contribution in [0.1, 0.15) is 11.4 Å². The Labute approximate surface area is 107 Å². The van der Waals surface area contributed by atoms with Gasteiger partial charge in [-0.3, -0.25) is 0 Å². The molecule has 92 valence electrons. The number of fused-ring (bicyclic) bond motifs is 1. The van der Waals surface area contributed by atoms with Gasteiger partial charge in [0.1, 0.15) is 16.9 Å². The highest BCUT2D eigenvalue weighted by atomic mass is 32.2. The van der Waals surface area contributed by atoms with Crippen LogP contribution in [-0.4, -0.2) is 19.5 Å². The molecule has 3 aromatic heterocycles. The minimum absolute atomic E-state index is 0.0762. The largest absolute Gasteiger partial charge is 0.439 e. The molecule has 0 bridgehead atoms. The van der Waals surface area contributed by atoms with Gasteiger partial charge in [0.25, 0.3) is 5.22 Å². The fraction of sp³-hybridized carbons (Fsp3) is 0.167. The van der Waals surface area contributed by atoms with Gasteiger partial charge < -0.3 is 13.9 Å². The van der Waals surface area contributed by atoms with Crippen molar-refractivity contribution in [3.05, 3.63) is 42.0 Å². The van der Waals surface area contributed by atoms with E-state index in [1.165, 1.54) is 11.8 Å². The third kappa shape index (κ3) is 1.89. The first-order chi connectivity index (χ1) is 8.78. The number of pyridine rings is 1. The van der Waals surface area contributed by atoms with Gasteiger partial charge >= 0.3 is 0 Å². The van der Waals surface area contributed by atoms with E-state index in [2.05, 4.69) is 9.97 Å². The summed E-state index contributed by atoms with van der Waals surface area (Å²) in [6.45, 7) is 1.79. The van der Waals surface area contributed by atoms with Crippen LogP contribution in [0.15, 0.2) is 45.3 Å². The van der Waals surface area contributed by atoms with E-state index < -0.39 is 0 Å². The third-order valence-electron chi connectivity index (χ3n) is 2.52. The SMILES string of the molecule is Cc1coc(Sc2nc3ccccn3c2CO)n1. The molecular weight excluding hydrogens is 250 g/mol. The van der Waals surface area contributed by atoms with Gasteiger partial charge in [-0.25, -0.2) is 9.97 Å². The number of rotatable bonds is 3. The smallest absolute Gasteiger partial charge is 0.262 e. The van der Waals surface area contributed by atoms with E-state index in [1.807, 2.05) is 35.7 Å². The van der Waals surface area contributed by atoms with Crippen LogP contribution in [0.4, 0.5) is 0 Å². The summed E-state index contributed by atoms with van der Waals surface area (Å²) < 4.78 is 7.14. The van der Waals surface area contributed by atoms with Gasteiger partial charge in [-0.05, 0) is 30.8 Å². The van der Waals surface area contributed by atoms with Crippen molar-refractivity contribution in [1.29, 1.82) is 0 Å². The van der Waals surface area contributed by atoms with Crippen molar-refractivity contribution < 1.29 is 9.52 Å². The summed E-state index contributed by atoms with van der Waals surface area (Å²) >= 11 is 1.32. The van der Waals surface area contributed by atoms with Crippen LogP contribution in [0.3, 0.4) is 0 Å². The first-order valence-electron chi connectivity index (χ1n) is 5.45. The van der Waals surface area contributed by atoms with E-state index in [0.717, 1.165) is 17.0 Å². The zero-order valence-corrected chi connectivity index (χ0v) is 10.5. The van der Waals surface area contributed by atoms with Crippen molar-refractivity contribution in [1.82, 2.24) is 14.4 Å². The van der Waals surface area contributed by atoms with Crippen LogP contribution in [0, 0.1) is 6.92 Å². The first-order valence-corrected chi connectivity index (χ1v) is 6.26. The molecule has 0 unspecified atom stereocenters. The number of imidazole rings is 1. The van der Waals surface area contributed by atoms with Crippen LogP contribution in [0.25, 0.3) is 5.65 Å². The predicted octanol–water partition coefficient (Wildman–Crippen LogP) is 2.27. The molecule has 0 radical (unpaired) electrons. The Balaban J connectivity index is 2.05. The second kappa shape index (κ2) is 4.47. The monoisotopic (exact) mass is 261 g/mol. The number of aryl methyl sites for hydroxylation is 1. The molecule has 0 fully saturated rings. The summed E-state index contributed by atoms with van der Waals surface area (Å²) in [5.74, 6) is 0. The maximum Gasteiger partial charge on any atom is 0.262 e. The van der Waals surface area contributed by atoms with E-state index in [9.17, 15) is 5.11 Å². The number of hydrogen-bond acceptors (Lipinski definition) is 5. The van der Waals surface area contributed by atoms with Crippen LogP contribution < -0.4 is 0 Å². The number of aromatic nitrogens is 3. The highest BCUT2D eigenvalue weighted by molar-refractivity contribution is 7.99. The zero-order valence-electron chi connectivity index (χ0n) is 9.70. The average molecular weight is 261 g/mol. The molecule has 3 heterocycles. The quantitative estimate of drug-likeness (QED) is 0.783. The summed E-state index contributed by atoms with van der Waals surface area (Å²) in [5.41, 5.74) is 2.37. The lowest BCUT2D eigenvalue weighted by Crippen LogP contribution is -1.92. The topological polar surface area (TPSA) is 63.6 Å². The molecule has 0 atom stereocenters. The Morgan fingerprint density at radius 1 is 1.39 bits per heavy atom. The van der Waals surface area contributed by atoms with Gasteiger partial charge in [0.2, 0.25) is 0 Å². The van der Waals surface area contributed by atoms with E-state index in [4.69, 9.17) is 4.42 Å². The maximum absolute atomic E-state index is 9.46. The van der Waals surface area contributed by atoms with Crippen molar-refractivity contribution in [3.63, 3.8) is 0 Å². The number of nitrogens with zero attached hydrogens (tertiary/aromatic N) is 3. The van der Waals surface area contributed by atoms with Crippen molar-refractivity contribution >= 4 is 17.4 Å². The lowest BCUT2D eigenvalue weighted by molar-refractivity contribution is 0.272. The molecule has 0 aliphatic carbocycles.